The van der Waals surface area contributed by atoms with Crippen molar-refractivity contribution in [2.75, 3.05) is 6.54 Å². The summed E-state index contributed by atoms with van der Waals surface area (Å²) in [6.07, 6.45) is 7.69. The highest BCUT2D eigenvalue weighted by molar-refractivity contribution is 6.23. The number of esters is 1. The summed E-state index contributed by atoms with van der Waals surface area (Å²) in [7, 11) is 0. The molecule has 0 unspecified atom stereocenters. The second kappa shape index (κ2) is 7.06. The van der Waals surface area contributed by atoms with Gasteiger partial charge in [-0.3, -0.25) is 19.3 Å². The van der Waals surface area contributed by atoms with Gasteiger partial charge in [-0.05, 0) is 58.6 Å². The predicted octanol–water partition coefficient (Wildman–Crippen LogP) is 3.00. The number of fused-ring (bicyclic) bond motifs is 3. The molecule has 7 nitrogen and oxygen atoms in total. The van der Waals surface area contributed by atoms with Crippen LogP contribution in [-0.4, -0.2) is 44.8 Å². The Morgan fingerprint density at radius 3 is 1.90 bits per heavy atom. The lowest BCUT2D eigenvalue weighted by Crippen LogP contribution is -2.38. The van der Waals surface area contributed by atoms with E-state index in [-0.39, 0.29) is 11.1 Å². The number of allylic oxidation sites excluding steroid dienone is 2. The fourth-order valence-corrected chi connectivity index (χ4v) is 3.64. The Labute approximate surface area is 168 Å². The summed E-state index contributed by atoms with van der Waals surface area (Å²) in [6.45, 7) is 4.79. The largest absolute Gasteiger partial charge is 0.459 e. The number of amides is 2. The second-order valence-corrected chi connectivity index (χ2v) is 8.34. The number of imide groups is 1. The number of nitrogens with zero attached hydrogens (tertiary/aromatic N) is 3. The standard InChI is InChI=1S/C22H23N3O4/c1-22(2,3)29-19(26)12-25-20(27)13-10-17-18(11-14(13)21(25)28)24-16-9-7-5-4-6-8-15(16)23-17/h4-5,10-11H,6-9,12H2,1-3H3/b5-4+. The molecule has 0 fully saturated rings. The minimum Gasteiger partial charge on any atom is -0.459 e. The van der Waals surface area contributed by atoms with Crippen molar-refractivity contribution in [1.82, 2.24) is 14.9 Å². The third-order valence-electron chi connectivity index (χ3n) is 4.88. The van der Waals surface area contributed by atoms with Gasteiger partial charge >= 0.3 is 5.97 Å². The lowest BCUT2D eigenvalue weighted by Gasteiger charge is -2.21. The Bertz CT molecular complexity index is 997. The van der Waals surface area contributed by atoms with E-state index in [0.717, 1.165) is 42.0 Å². The van der Waals surface area contributed by atoms with Gasteiger partial charge in [-0.15, -0.1) is 0 Å². The molecule has 0 radical (unpaired) electrons. The molecule has 150 valence electrons. The van der Waals surface area contributed by atoms with E-state index in [1.54, 1.807) is 32.9 Å². The molecule has 1 aromatic carbocycles. The molecule has 1 aromatic heterocycles. The van der Waals surface area contributed by atoms with Gasteiger partial charge in [0, 0.05) is 0 Å². The number of rotatable bonds is 2. The number of aryl methyl sites for hydroxylation is 2. The molecule has 0 atom stereocenters. The third kappa shape index (κ3) is 3.77. The van der Waals surface area contributed by atoms with Gasteiger partial charge in [0.1, 0.15) is 12.1 Å². The highest BCUT2D eigenvalue weighted by Crippen LogP contribution is 2.28. The van der Waals surface area contributed by atoms with Crippen molar-refractivity contribution >= 4 is 28.8 Å². The molecule has 1 aliphatic heterocycles. The van der Waals surface area contributed by atoms with Gasteiger partial charge in [-0.1, -0.05) is 12.2 Å². The normalized spacial score (nSPS) is 17.6. The van der Waals surface area contributed by atoms with Crippen LogP contribution in [0.2, 0.25) is 0 Å². The van der Waals surface area contributed by atoms with Crippen LogP contribution >= 0.6 is 0 Å². The van der Waals surface area contributed by atoms with E-state index >= 15 is 0 Å². The number of hydrogen-bond acceptors (Lipinski definition) is 6. The molecule has 2 aliphatic rings. The molecular weight excluding hydrogens is 370 g/mol. The Morgan fingerprint density at radius 1 is 0.966 bits per heavy atom. The highest BCUT2D eigenvalue weighted by Gasteiger charge is 2.38. The molecule has 1 aliphatic carbocycles. The number of carbonyl (C=O) groups is 3. The first-order valence-electron chi connectivity index (χ1n) is 9.79. The maximum absolute atomic E-state index is 12.8. The van der Waals surface area contributed by atoms with Crippen molar-refractivity contribution in [3.05, 3.63) is 46.8 Å². The molecule has 7 heteroatoms. The molecule has 29 heavy (non-hydrogen) atoms. The molecule has 0 saturated carbocycles. The first-order valence-corrected chi connectivity index (χ1v) is 9.79. The summed E-state index contributed by atoms with van der Waals surface area (Å²) in [4.78, 5) is 48.1. The van der Waals surface area contributed by atoms with Crippen molar-refractivity contribution in [2.24, 2.45) is 0 Å². The molecule has 0 N–H and O–H groups in total. The summed E-state index contributed by atoms with van der Waals surface area (Å²) >= 11 is 0. The van der Waals surface area contributed by atoms with Gasteiger partial charge in [-0.25, -0.2) is 9.97 Å². The van der Waals surface area contributed by atoms with E-state index in [2.05, 4.69) is 12.2 Å². The number of carbonyl (C=O) groups excluding carboxylic acids is 3. The van der Waals surface area contributed by atoms with Gasteiger partial charge in [-0.2, -0.15) is 0 Å². The van der Waals surface area contributed by atoms with Crippen LogP contribution in [0.25, 0.3) is 11.0 Å². The summed E-state index contributed by atoms with van der Waals surface area (Å²) in [5.41, 5.74) is 2.87. The average Bonchev–Trinajstić information content (AvgIpc) is 2.83. The fourth-order valence-electron chi connectivity index (χ4n) is 3.64. The first kappa shape index (κ1) is 19.2. The van der Waals surface area contributed by atoms with Crippen LogP contribution in [0, 0.1) is 0 Å². The van der Waals surface area contributed by atoms with E-state index in [4.69, 9.17) is 14.7 Å². The van der Waals surface area contributed by atoms with Crippen molar-refractivity contribution in [1.29, 1.82) is 0 Å². The molecule has 2 heterocycles. The van der Waals surface area contributed by atoms with E-state index in [1.165, 1.54) is 0 Å². The van der Waals surface area contributed by atoms with Gasteiger partial charge in [0.05, 0.1) is 33.5 Å². The summed E-state index contributed by atoms with van der Waals surface area (Å²) < 4.78 is 5.25. The SMILES string of the molecule is CC(C)(C)OC(=O)CN1C(=O)c2cc3nc4c(nc3cc2C1=O)CC/C=C/CC4. The Hall–Kier alpha value is -3.09. The first-order chi connectivity index (χ1) is 13.7. The third-order valence-corrected chi connectivity index (χ3v) is 4.88. The Balaban J connectivity index is 1.68. The maximum Gasteiger partial charge on any atom is 0.326 e. The zero-order chi connectivity index (χ0) is 20.8. The number of benzene rings is 1. The molecule has 4 rings (SSSR count). The van der Waals surface area contributed by atoms with Gasteiger partial charge in [0.2, 0.25) is 0 Å². The quantitative estimate of drug-likeness (QED) is 0.443. The van der Waals surface area contributed by atoms with Crippen LogP contribution < -0.4 is 0 Å². The summed E-state index contributed by atoms with van der Waals surface area (Å²) in [5.74, 6) is -1.63. The molecular formula is C22H23N3O4. The van der Waals surface area contributed by atoms with Crippen LogP contribution in [0.15, 0.2) is 24.3 Å². The maximum atomic E-state index is 12.8. The smallest absolute Gasteiger partial charge is 0.326 e. The minimum absolute atomic E-state index is 0.256. The summed E-state index contributed by atoms with van der Waals surface area (Å²) in [6, 6.07) is 3.23. The highest BCUT2D eigenvalue weighted by atomic mass is 16.6. The Morgan fingerprint density at radius 2 is 1.45 bits per heavy atom. The molecule has 0 spiro atoms. The van der Waals surface area contributed by atoms with Crippen LogP contribution in [0.5, 0.6) is 0 Å². The van der Waals surface area contributed by atoms with Crippen LogP contribution in [-0.2, 0) is 22.4 Å². The van der Waals surface area contributed by atoms with Crippen molar-refractivity contribution < 1.29 is 19.1 Å². The molecule has 2 amide bonds. The second-order valence-electron chi connectivity index (χ2n) is 8.34. The fraction of sp³-hybridized carbons (Fsp3) is 0.409. The van der Waals surface area contributed by atoms with Crippen molar-refractivity contribution in [3.8, 4) is 0 Å². The zero-order valence-electron chi connectivity index (χ0n) is 16.8. The molecule has 0 saturated heterocycles. The van der Waals surface area contributed by atoms with Gasteiger partial charge in [0.15, 0.2) is 0 Å². The van der Waals surface area contributed by atoms with E-state index < -0.39 is 29.9 Å². The van der Waals surface area contributed by atoms with Crippen LogP contribution in [0.3, 0.4) is 0 Å². The van der Waals surface area contributed by atoms with Crippen molar-refractivity contribution in [2.45, 2.75) is 52.1 Å². The zero-order valence-corrected chi connectivity index (χ0v) is 16.8. The minimum atomic E-state index is -0.691. The average molecular weight is 393 g/mol. The summed E-state index contributed by atoms with van der Waals surface area (Å²) in [5, 5.41) is 0. The van der Waals surface area contributed by atoms with Gasteiger partial charge < -0.3 is 4.74 Å². The molecule has 0 bridgehead atoms. The van der Waals surface area contributed by atoms with E-state index in [1.807, 2.05) is 0 Å². The molecule has 2 aromatic rings. The van der Waals surface area contributed by atoms with Crippen molar-refractivity contribution in [3.63, 3.8) is 0 Å². The van der Waals surface area contributed by atoms with Gasteiger partial charge in [0.25, 0.3) is 11.8 Å². The lowest BCUT2D eigenvalue weighted by molar-refractivity contribution is -0.155. The topological polar surface area (TPSA) is 89.5 Å². The predicted molar refractivity (Wildman–Crippen MR) is 107 cm³/mol. The monoisotopic (exact) mass is 393 g/mol. The van der Waals surface area contributed by atoms with Crippen LogP contribution in [0.1, 0.15) is 65.7 Å². The van der Waals surface area contributed by atoms with Crippen LogP contribution in [0.4, 0.5) is 0 Å². The lowest BCUT2D eigenvalue weighted by atomic mass is 10.0. The Kier molecular flexibility index (Phi) is 4.68. The van der Waals surface area contributed by atoms with E-state index in [0.29, 0.717) is 11.0 Å². The number of hydrogen-bond donors (Lipinski definition) is 0. The number of aromatic nitrogens is 2. The van der Waals surface area contributed by atoms with E-state index in [9.17, 15) is 14.4 Å². The number of ether oxygens (including phenoxy) is 1.